The lowest BCUT2D eigenvalue weighted by atomic mass is 9.95. The van der Waals surface area contributed by atoms with Crippen molar-refractivity contribution in [1.29, 1.82) is 0 Å². The predicted octanol–water partition coefficient (Wildman–Crippen LogP) is 5.43. The minimum absolute atomic E-state index is 0.831. The number of hydrogen-bond donors (Lipinski definition) is 1. The fourth-order valence-electron chi connectivity index (χ4n) is 2.55. The first-order valence-corrected chi connectivity index (χ1v) is 7.98. The fraction of sp³-hybridized carbons (Fsp3) is 0.368. The number of benzene rings is 2. The predicted molar refractivity (Wildman–Crippen MR) is 93.1 cm³/mol. The van der Waals surface area contributed by atoms with Gasteiger partial charge in [0, 0.05) is 17.1 Å². The van der Waals surface area contributed by atoms with E-state index in [1.54, 1.807) is 0 Å². The van der Waals surface area contributed by atoms with Gasteiger partial charge < -0.3 is 5.32 Å². The van der Waals surface area contributed by atoms with Crippen molar-refractivity contribution in [3.8, 4) is 11.1 Å². The van der Waals surface area contributed by atoms with Crippen LogP contribution in [0.15, 0.2) is 30.3 Å². The standard InChI is InChI=1S/C19H24ClN/c1-5-8-21-12-16-6-7-17(19(20)11-16)18-10-14(3)13(2)9-15(18)4/h6-7,9-11,21H,5,8,12H2,1-4H3. The number of hydrogen-bond acceptors (Lipinski definition) is 1. The van der Waals surface area contributed by atoms with Crippen molar-refractivity contribution in [3.63, 3.8) is 0 Å². The van der Waals surface area contributed by atoms with Crippen molar-refractivity contribution < 1.29 is 0 Å². The molecule has 0 saturated heterocycles. The number of rotatable bonds is 5. The Morgan fingerprint density at radius 3 is 2.29 bits per heavy atom. The summed E-state index contributed by atoms with van der Waals surface area (Å²) in [5.41, 5.74) is 7.50. The molecule has 0 aliphatic rings. The van der Waals surface area contributed by atoms with Crippen LogP contribution in [0.5, 0.6) is 0 Å². The molecule has 1 nitrogen and oxygen atoms in total. The summed E-state index contributed by atoms with van der Waals surface area (Å²) in [7, 11) is 0. The first-order valence-electron chi connectivity index (χ1n) is 7.60. The van der Waals surface area contributed by atoms with Crippen molar-refractivity contribution in [2.45, 2.75) is 40.7 Å². The minimum atomic E-state index is 0.831. The Hall–Kier alpha value is -1.31. The van der Waals surface area contributed by atoms with Gasteiger partial charge in [-0.05, 0) is 67.6 Å². The van der Waals surface area contributed by atoms with Crippen LogP contribution in [0.3, 0.4) is 0 Å². The van der Waals surface area contributed by atoms with Crippen LogP contribution in [0.4, 0.5) is 0 Å². The van der Waals surface area contributed by atoms with Crippen LogP contribution >= 0.6 is 11.6 Å². The molecule has 0 radical (unpaired) electrons. The molecule has 0 atom stereocenters. The van der Waals surface area contributed by atoms with Gasteiger partial charge in [0.25, 0.3) is 0 Å². The van der Waals surface area contributed by atoms with Gasteiger partial charge >= 0.3 is 0 Å². The average Bonchev–Trinajstić information content (AvgIpc) is 2.44. The highest BCUT2D eigenvalue weighted by molar-refractivity contribution is 6.33. The lowest BCUT2D eigenvalue weighted by molar-refractivity contribution is 0.675. The number of aryl methyl sites for hydroxylation is 3. The summed E-state index contributed by atoms with van der Waals surface area (Å²) >= 11 is 6.51. The van der Waals surface area contributed by atoms with Crippen LogP contribution in [0.2, 0.25) is 5.02 Å². The van der Waals surface area contributed by atoms with E-state index in [0.717, 1.165) is 30.1 Å². The highest BCUT2D eigenvalue weighted by Crippen LogP contribution is 2.32. The van der Waals surface area contributed by atoms with Crippen LogP contribution in [0, 0.1) is 20.8 Å². The van der Waals surface area contributed by atoms with E-state index in [1.807, 2.05) is 0 Å². The molecule has 0 aliphatic carbocycles. The quantitative estimate of drug-likeness (QED) is 0.726. The molecule has 0 amide bonds. The van der Waals surface area contributed by atoms with E-state index >= 15 is 0 Å². The maximum Gasteiger partial charge on any atom is 0.0487 e. The van der Waals surface area contributed by atoms with Crippen LogP contribution in [-0.4, -0.2) is 6.54 Å². The molecule has 2 aromatic rings. The second-order valence-corrected chi connectivity index (χ2v) is 6.15. The van der Waals surface area contributed by atoms with E-state index in [0.29, 0.717) is 0 Å². The first-order chi connectivity index (χ1) is 10.0. The second-order valence-electron chi connectivity index (χ2n) is 5.74. The van der Waals surface area contributed by atoms with Gasteiger partial charge in [0.15, 0.2) is 0 Å². The minimum Gasteiger partial charge on any atom is -0.313 e. The molecule has 21 heavy (non-hydrogen) atoms. The molecule has 112 valence electrons. The second kappa shape index (κ2) is 7.11. The molecule has 0 fully saturated rings. The normalized spacial score (nSPS) is 10.9. The van der Waals surface area contributed by atoms with E-state index < -0.39 is 0 Å². The Balaban J connectivity index is 2.31. The van der Waals surface area contributed by atoms with Crippen molar-refractivity contribution in [2.24, 2.45) is 0 Å². The van der Waals surface area contributed by atoms with Crippen molar-refractivity contribution in [3.05, 3.63) is 57.6 Å². The summed E-state index contributed by atoms with van der Waals surface area (Å²) in [5.74, 6) is 0. The van der Waals surface area contributed by atoms with Crippen molar-refractivity contribution >= 4 is 11.6 Å². The molecule has 2 heteroatoms. The summed E-state index contributed by atoms with van der Waals surface area (Å²) < 4.78 is 0. The molecule has 0 spiro atoms. The van der Waals surface area contributed by atoms with Crippen LogP contribution in [0.25, 0.3) is 11.1 Å². The van der Waals surface area contributed by atoms with Crippen LogP contribution in [0.1, 0.15) is 35.6 Å². The fourth-order valence-corrected chi connectivity index (χ4v) is 2.85. The number of nitrogens with one attached hydrogen (secondary N) is 1. The van der Waals surface area contributed by atoms with Gasteiger partial charge in [-0.1, -0.05) is 42.8 Å². The highest BCUT2D eigenvalue weighted by Gasteiger charge is 2.09. The zero-order chi connectivity index (χ0) is 15.4. The molecule has 0 aliphatic heterocycles. The van der Waals surface area contributed by atoms with E-state index in [4.69, 9.17) is 11.6 Å². The Morgan fingerprint density at radius 1 is 0.905 bits per heavy atom. The van der Waals surface area contributed by atoms with Crippen molar-refractivity contribution in [2.75, 3.05) is 6.54 Å². The van der Waals surface area contributed by atoms with Gasteiger partial charge in [0.2, 0.25) is 0 Å². The third-order valence-corrected chi connectivity index (χ3v) is 4.23. The van der Waals surface area contributed by atoms with E-state index in [1.165, 1.54) is 27.8 Å². The summed E-state index contributed by atoms with van der Waals surface area (Å²) in [6.45, 7) is 10.5. The first kappa shape index (κ1) is 16.1. The van der Waals surface area contributed by atoms with Crippen LogP contribution < -0.4 is 5.32 Å². The van der Waals surface area contributed by atoms with Crippen molar-refractivity contribution in [1.82, 2.24) is 5.32 Å². The third kappa shape index (κ3) is 3.87. The Kier molecular flexibility index (Phi) is 5.44. The molecule has 0 unspecified atom stereocenters. The van der Waals surface area contributed by atoms with E-state index in [2.05, 4.69) is 63.3 Å². The average molecular weight is 302 g/mol. The summed E-state index contributed by atoms with van der Waals surface area (Å²) in [4.78, 5) is 0. The van der Waals surface area contributed by atoms with Gasteiger partial charge in [-0.15, -0.1) is 0 Å². The smallest absolute Gasteiger partial charge is 0.0487 e. The number of halogens is 1. The van der Waals surface area contributed by atoms with Gasteiger partial charge in [0.05, 0.1) is 0 Å². The Bertz CT molecular complexity index is 632. The molecule has 0 aromatic heterocycles. The molecule has 1 N–H and O–H groups in total. The SMILES string of the molecule is CCCNCc1ccc(-c2cc(C)c(C)cc2C)c(Cl)c1. The van der Waals surface area contributed by atoms with E-state index in [-0.39, 0.29) is 0 Å². The Labute approximate surface area is 133 Å². The molecular formula is C19H24ClN. The monoisotopic (exact) mass is 301 g/mol. The summed E-state index contributed by atoms with van der Waals surface area (Å²) in [6, 6.07) is 10.9. The molecule has 2 aromatic carbocycles. The van der Waals surface area contributed by atoms with Crippen LogP contribution in [-0.2, 0) is 6.54 Å². The lowest BCUT2D eigenvalue weighted by Crippen LogP contribution is -2.13. The molecule has 0 heterocycles. The van der Waals surface area contributed by atoms with Gasteiger partial charge in [0.1, 0.15) is 0 Å². The highest BCUT2D eigenvalue weighted by atomic mass is 35.5. The summed E-state index contributed by atoms with van der Waals surface area (Å²) in [5, 5.41) is 4.24. The van der Waals surface area contributed by atoms with Gasteiger partial charge in [-0.2, -0.15) is 0 Å². The topological polar surface area (TPSA) is 12.0 Å². The molecule has 2 rings (SSSR count). The molecule has 0 bridgehead atoms. The molecular weight excluding hydrogens is 278 g/mol. The summed E-state index contributed by atoms with van der Waals surface area (Å²) in [6.07, 6.45) is 1.15. The zero-order valence-electron chi connectivity index (χ0n) is 13.4. The third-order valence-electron chi connectivity index (χ3n) is 3.92. The maximum atomic E-state index is 6.51. The Morgan fingerprint density at radius 2 is 1.62 bits per heavy atom. The maximum absolute atomic E-state index is 6.51. The molecule has 0 saturated carbocycles. The van der Waals surface area contributed by atoms with Gasteiger partial charge in [-0.3, -0.25) is 0 Å². The largest absolute Gasteiger partial charge is 0.313 e. The van der Waals surface area contributed by atoms with E-state index in [9.17, 15) is 0 Å². The zero-order valence-corrected chi connectivity index (χ0v) is 14.1. The van der Waals surface area contributed by atoms with Gasteiger partial charge in [-0.25, -0.2) is 0 Å². The lowest BCUT2D eigenvalue weighted by Gasteiger charge is -2.13.